The number of aliphatic carboxylic acids is 1. The van der Waals surface area contributed by atoms with Gasteiger partial charge in [-0.1, -0.05) is 79.5 Å². The Morgan fingerprint density at radius 2 is 1.76 bits per heavy atom. The van der Waals surface area contributed by atoms with Crippen molar-refractivity contribution in [2.24, 2.45) is 0 Å². The maximum absolute atomic E-state index is 13.8. The molecule has 0 saturated carbocycles. The van der Waals surface area contributed by atoms with Crippen LogP contribution in [0, 0.1) is 6.92 Å². The summed E-state index contributed by atoms with van der Waals surface area (Å²) in [7, 11) is 0. The molecule has 0 saturated heterocycles. The molecule has 4 rings (SSSR count). The number of aryl methyl sites for hydroxylation is 2. The molecular weight excluding hydrogens is 557 g/mol. The Labute approximate surface area is 240 Å². The quantitative estimate of drug-likeness (QED) is 0.209. The third-order valence-electron chi connectivity index (χ3n) is 6.59. The molecule has 0 bridgehead atoms. The highest BCUT2D eigenvalue weighted by Gasteiger charge is 2.35. The minimum atomic E-state index is -4.65. The third-order valence-corrected chi connectivity index (χ3v) is 6.89. The number of carbonyl (C=O) groups is 1. The first-order valence-corrected chi connectivity index (χ1v) is 13.4. The van der Waals surface area contributed by atoms with Crippen LogP contribution in [0.2, 0.25) is 5.02 Å². The van der Waals surface area contributed by atoms with Crippen LogP contribution in [0.3, 0.4) is 0 Å². The van der Waals surface area contributed by atoms with Gasteiger partial charge in [-0.3, -0.25) is 9.36 Å². The van der Waals surface area contributed by atoms with Gasteiger partial charge in [-0.15, -0.1) is 0 Å². The molecule has 214 valence electrons. The summed E-state index contributed by atoms with van der Waals surface area (Å²) in [5.41, 5.74) is -0.627. The van der Waals surface area contributed by atoms with Crippen molar-refractivity contribution in [3.8, 4) is 16.9 Å². The summed E-state index contributed by atoms with van der Waals surface area (Å²) in [4.78, 5) is 30.3. The number of nitrogens with zero attached hydrogens (tertiary/aromatic N) is 2. The highest BCUT2D eigenvalue weighted by Crippen LogP contribution is 2.37. The third kappa shape index (κ3) is 6.79. The van der Waals surface area contributed by atoms with E-state index in [0.29, 0.717) is 23.4 Å². The van der Waals surface area contributed by atoms with Crippen LogP contribution in [0.15, 0.2) is 77.6 Å². The Kier molecular flexibility index (Phi) is 9.18. The lowest BCUT2D eigenvalue weighted by atomic mass is 9.98. The number of alkyl halides is 3. The van der Waals surface area contributed by atoms with Gasteiger partial charge in [0.05, 0.1) is 28.4 Å². The Bertz CT molecular complexity index is 1600. The Morgan fingerprint density at radius 3 is 2.39 bits per heavy atom. The van der Waals surface area contributed by atoms with E-state index >= 15 is 0 Å². The average Bonchev–Trinajstić information content (AvgIpc) is 2.93. The predicted octanol–water partition coefficient (Wildman–Crippen LogP) is 7.49. The summed E-state index contributed by atoms with van der Waals surface area (Å²) >= 11 is 6.47. The molecule has 1 atom stereocenters. The summed E-state index contributed by atoms with van der Waals surface area (Å²) < 4.78 is 48.6. The van der Waals surface area contributed by atoms with Gasteiger partial charge in [-0.25, -0.2) is 9.78 Å². The number of halogens is 4. The van der Waals surface area contributed by atoms with E-state index in [4.69, 9.17) is 16.3 Å². The maximum Gasteiger partial charge on any atom is 0.417 e. The van der Waals surface area contributed by atoms with Crippen molar-refractivity contribution >= 4 is 17.6 Å². The molecule has 0 fully saturated rings. The highest BCUT2D eigenvalue weighted by molar-refractivity contribution is 6.32. The lowest BCUT2D eigenvalue weighted by Gasteiger charge is -2.19. The van der Waals surface area contributed by atoms with Gasteiger partial charge < -0.3 is 9.84 Å². The van der Waals surface area contributed by atoms with Crippen molar-refractivity contribution in [1.29, 1.82) is 0 Å². The molecule has 4 aromatic rings. The fourth-order valence-electron chi connectivity index (χ4n) is 4.60. The number of unbranched alkanes of at least 4 members (excludes halogenated alkanes) is 1. The van der Waals surface area contributed by atoms with Crippen LogP contribution in [-0.2, 0) is 23.9 Å². The molecule has 1 heterocycles. The van der Waals surface area contributed by atoms with Crippen LogP contribution < -0.4 is 10.3 Å². The molecule has 0 aliphatic rings. The van der Waals surface area contributed by atoms with Crippen molar-refractivity contribution in [2.75, 3.05) is 0 Å². The van der Waals surface area contributed by atoms with Crippen LogP contribution in [0.1, 0.15) is 54.1 Å². The lowest BCUT2D eigenvalue weighted by molar-refractivity contribution is -0.145. The van der Waals surface area contributed by atoms with Crippen molar-refractivity contribution in [3.63, 3.8) is 0 Å². The van der Waals surface area contributed by atoms with E-state index in [0.717, 1.165) is 18.9 Å². The molecule has 0 spiro atoms. The minimum Gasteiger partial charge on any atom is -0.478 e. The zero-order valence-electron chi connectivity index (χ0n) is 22.4. The molecule has 0 amide bonds. The van der Waals surface area contributed by atoms with Crippen LogP contribution >= 0.6 is 11.6 Å². The van der Waals surface area contributed by atoms with Crippen LogP contribution in [-0.4, -0.2) is 20.6 Å². The molecule has 0 aliphatic carbocycles. The minimum absolute atomic E-state index is 0.00656. The van der Waals surface area contributed by atoms with E-state index in [2.05, 4.69) is 4.98 Å². The zero-order valence-corrected chi connectivity index (χ0v) is 23.2. The summed E-state index contributed by atoms with van der Waals surface area (Å²) in [5.74, 6) is -0.609. The number of benzene rings is 3. The number of aromatic nitrogens is 2. The van der Waals surface area contributed by atoms with Gasteiger partial charge in [0.25, 0.3) is 5.56 Å². The average molecular weight is 585 g/mol. The number of carboxylic acids is 1. The van der Waals surface area contributed by atoms with Crippen LogP contribution in [0.4, 0.5) is 13.2 Å². The monoisotopic (exact) mass is 584 g/mol. The number of rotatable bonds is 10. The first kappa shape index (κ1) is 29.9. The summed E-state index contributed by atoms with van der Waals surface area (Å²) in [5, 5.41) is 9.81. The molecule has 6 nitrogen and oxygen atoms in total. The fraction of sp³-hybridized carbons (Fsp3) is 0.258. The van der Waals surface area contributed by atoms with Crippen molar-refractivity contribution in [3.05, 3.63) is 116 Å². The first-order valence-electron chi connectivity index (χ1n) is 13.0. The smallest absolute Gasteiger partial charge is 0.417 e. The largest absolute Gasteiger partial charge is 0.478 e. The number of hydrogen-bond acceptors (Lipinski definition) is 4. The molecule has 1 unspecified atom stereocenters. The van der Waals surface area contributed by atoms with Crippen molar-refractivity contribution in [2.45, 2.75) is 51.9 Å². The van der Waals surface area contributed by atoms with Crippen LogP contribution in [0.5, 0.6) is 5.75 Å². The van der Waals surface area contributed by atoms with Gasteiger partial charge in [0.1, 0.15) is 11.6 Å². The van der Waals surface area contributed by atoms with Gasteiger partial charge in [0.15, 0.2) is 0 Å². The standard InChI is InChI=1S/C31H28ClF3N2O4/c1-3-4-14-26-36-19(2)27(22-12-8-9-13-23(22)31(33,34)35)29(38)37(26)18-20-15-16-25(24(32)17-20)41-28(30(39)40)21-10-6-5-7-11-21/h5-13,15-17,28H,3-4,14,18H2,1-2H3,(H,39,40). The van der Waals surface area contributed by atoms with Crippen LogP contribution in [0.25, 0.3) is 11.1 Å². The lowest BCUT2D eigenvalue weighted by Crippen LogP contribution is -2.29. The highest BCUT2D eigenvalue weighted by atomic mass is 35.5. The number of carboxylic acid groups (broad SMARTS) is 1. The van der Waals surface area contributed by atoms with Crippen molar-refractivity contribution < 1.29 is 27.8 Å². The summed E-state index contributed by atoms with van der Waals surface area (Å²) in [6, 6.07) is 18.1. The summed E-state index contributed by atoms with van der Waals surface area (Å²) in [6.45, 7) is 3.52. The maximum atomic E-state index is 13.8. The van der Waals surface area contributed by atoms with E-state index in [1.165, 1.54) is 35.8 Å². The van der Waals surface area contributed by atoms with E-state index < -0.39 is 29.4 Å². The molecule has 41 heavy (non-hydrogen) atoms. The molecular formula is C31H28ClF3N2O4. The Balaban J connectivity index is 1.74. The molecule has 1 aromatic heterocycles. The number of hydrogen-bond donors (Lipinski definition) is 1. The van der Waals surface area contributed by atoms with E-state index in [1.54, 1.807) is 42.5 Å². The van der Waals surface area contributed by atoms with Crippen molar-refractivity contribution in [1.82, 2.24) is 9.55 Å². The normalized spacial score (nSPS) is 12.2. The SMILES string of the molecule is CCCCc1nc(C)c(-c2ccccc2C(F)(F)F)c(=O)n1Cc1ccc(OC(C(=O)O)c2ccccc2)c(Cl)c1. The molecule has 0 radical (unpaired) electrons. The summed E-state index contributed by atoms with van der Waals surface area (Å²) in [6.07, 6.45) is -3.93. The van der Waals surface area contributed by atoms with Gasteiger partial charge in [-0.05, 0) is 37.1 Å². The second kappa shape index (κ2) is 12.6. The molecule has 1 N–H and O–H groups in total. The Hall–Kier alpha value is -4.11. The Morgan fingerprint density at radius 1 is 1.07 bits per heavy atom. The predicted molar refractivity (Wildman–Crippen MR) is 150 cm³/mol. The van der Waals surface area contributed by atoms with Gasteiger partial charge in [-0.2, -0.15) is 13.2 Å². The first-order chi connectivity index (χ1) is 19.5. The van der Waals surface area contributed by atoms with Gasteiger partial charge in [0.2, 0.25) is 6.10 Å². The fourth-order valence-corrected chi connectivity index (χ4v) is 4.85. The van der Waals surface area contributed by atoms with Gasteiger partial charge in [0, 0.05) is 17.5 Å². The molecule has 0 aliphatic heterocycles. The van der Waals surface area contributed by atoms with E-state index in [1.807, 2.05) is 6.92 Å². The second-order valence-corrected chi connectivity index (χ2v) is 9.95. The van der Waals surface area contributed by atoms with E-state index in [-0.39, 0.29) is 34.1 Å². The number of ether oxygens (including phenoxy) is 1. The second-order valence-electron chi connectivity index (χ2n) is 9.54. The topological polar surface area (TPSA) is 81.4 Å². The van der Waals surface area contributed by atoms with Gasteiger partial charge >= 0.3 is 12.1 Å². The molecule has 10 heteroatoms. The van der Waals surface area contributed by atoms with E-state index in [9.17, 15) is 27.9 Å². The zero-order chi connectivity index (χ0) is 29.7. The molecule has 3 aromatic carbocycles.